The van der Waals surface area contributed by atoms with Crippen molar-refractivity contribution in [3.8, 4) is 16.9 Å². The van der Waals surface area contributed by atoms with Gasteiger partial charge in [0.1, 0.15) is 5.52 Å². The van der Waals surface area contributed by atoms with Crippen molar-refractivity contribution in [2.24, 2.45) is 0 Å². The lowest BCUT2D eigenvalue weighted by Crippen LogP contribution is -2.11. The third-order valence-electron chi connectivity index (χ3n) is 5.87. The number of hydrogen-bond acceptors (Lipinski definition) is 5. The fourth-order valence-electron chi connectivity index (χ4n) is 4.08. The molecule has 33 heavy (non-hydrogen) atoms. The Kier molecular flexibility index (Phi) is 4.29. The molecule has 0 saturated heterocycles. The highest BCUT2D eigenvalue weighted by Crippen LogP contribution is 2.30. The van der Waals surface area contributed by atoms with Crippen LogP contribution in [0.3, 0.4) is 0 Å². The third kappa shape index (κ3) is 3.16. The number of nitrogens with one attached hydrogen (secondary N) is 1. The molecule has 0 amide bonds. The zero-order valence-corrected chi connectivity index (χ0v) is 17.9. The molecule has 0 spiro atoms. The number of halogens is 1. The van der Waals surface area contributed by atoms with E-state index in [0.717, 1.165) is 33.5 Å². The largest absolute Gasteiger partial charge is 0.278 e. The van der Waals surface area contributed by atoms with Gasteiger partial charge in [-0.1, -0.05) is 11.3 Å². The Hall–Kier alpha value is -4.40. The maximum absolute atomic E-state index is 15.1. The van der Waals surface area contributed by atoms with Crippen molar-refractivity contribution in [3.05, 3.63) is 84.2 Å². The number of aromatic amines is 1. The van der Waals surface area contributed by atoms with E-state index in [9.17, 15) is 0 Å². The summed E-state index contributed by atoms with van der Waals surface area (Å²) in [5, 5.41) is 20.8. The van der Waals surface area contributed by atoms with E-state index < -0.39 is 5.82 Å². The summed E-state index contributed by atoms with van der Waals surface area (Å²) in [4.78, 5) is 4.54. The first-order chi connectivity index (χ1) is 16.1. The minimum absolute atomic E-state index is 0.125. The Morgan fingerprint density at radius 2 is 1.94 bits per heavy atom. The highest BCUT2D eigenvalue weighted by atomic mass is 19.1. The van der Waals surface area contributed by atoms with Crippen LogP contribution in [-0.4, -0.2) is 40.0 Å². The van der Waals surface area contributed by atoms with Crippen molar-refractivity contribution < 1.29 is 4.39 Å². The second-order valence-electron chi connectivity index (χ2n) is 8.07. The average Bonchev–Trinajstić information content (AvgIpc) is 3.57. The SMILES string of the molecule is Cc1ccc(C(C)n2nccc2-c2cc(F)c3nnn(-c4ccc5cn[nH]c5c4)c3c2)nc1. The van der Waals surface area contributed by atoms with Crippen LogP contribution in [0.25, 0.3) is 38.9 Å². The first kappa shape index (κ1) is 19.3. The maximum Gasteiger partial charge on any atom is 0.153 e. The first-order valence-corrected chi connectivity index (χ1v) is 10.5. The predicted octanol–water partition coefficient (Wildman–Crippen LogP) is 4.61. The third-order valence-corrected chi connectivity index (χ3v) is 5.87. The number of rotatable bonds is 4. The van der Waals surface area contributed by atoms with Gasteiger partial charge in [-0.3, -0.25) is 14.8 Å². The van der Waals surface area contributed by atoms with Gasteiger partial charge in [-0.15, -0.1) is 5.10 Å². The standard InChI is InChI=1S/C24H19FN8/c1-14-3-6-20(26-12-14)15(2)32-22(7-8-28-32)17-9-19(25)24-23(10-17)33(31-30-24)18-5-4-16-13-27-29-21(16)11-18/h3-13,15H,1-2H3,(H,27,29). The van der Waals surface area contributed by atoms with Crippen LogP contribution in [0, 0.1) is 12.7 Å². The minimum atomic E-state index is -0.440. The molecule has 0 aliphatic carbocycles. The zero-order valence-electron chi connectivity index (χ0n) is 17.9. The molecule has 8 nitrogen and oxygen atoms in total. The number of pyridine rings is 1. The van der Waals surface area contributed by atoms with Gasteiger partial charge in [-0.25, -0.2) is 9.07 Å². The number of hydrogen-bond donors (Lipinski definition) is 1. The molecular formula is C24H19FN8. The van der Waals surface area contributed by atoms with E-state index in [-0.39, 0.29) is 11.6 Å². The van der Waals surface area contributed by atoms with Crippen molar-refractivity contribution in [1.29, 1.82) is 0 Å². The number of nitrogens with zero attached hydrogens (tertiary/aromatic N) is 7. The molecule has 0 saturated carbocycles. The van der Waals surface area contributed by atoms with Crippen LogP contribution in [0.5, 0.6) is 0 Å². The van der Waals surface area contributed by atoms with Gasteiger partial charge in [0.15, 0.2) is 5.82 Å². The van der Waals surface area contributed by atoms with Crippen LogP contribution >= 0.6 is 0 Å². The lowest BCUT2D eigenvalue weighted by Gasteiger charge is -2.16. The van der Waals surface area contributed by atoms with Gasteiger partial charge in [0.2, 0.25) is 0 Å². The van der Waals surface area contributed by atoms with E-state index in [1.54, 1.807) is 17.1 Å². The summed E-state index contributed by atoms with van der Waals surface area (Å²) in [6, 6.07) is 14.9. The van der Waals surface area contributed by atoms with Crippen molar-refractivity contribution in [2.75, 3.05) is 0 Å². The number of aromatic nitrogens is 8. The molecule has 6 aromatic rings. The molecule has 1 N–H and O–H groups in total. The summed E-state index contributed by atoms with van der Waals surface area (Å²) >= 11 is 0. The molecule has 1 atom stereocenters. The molecule has 2 aromatic carbocycles. The van der Waals surface area contributed by atoms with Gasteiger partial charge in [0.25, 0.3) is 0 Å². The molecule has 162 valence electrons. The molecule has 0 bridgehead atoms. The molecule has 4 aromatic heterocycles. The zero-order chi connectivity index (χ0) is 22.5. The number of H-pyrrole nitrogens is 1. The van der Waals surface area contributed by atoms with E-state index >= 15 is 4.39 Å². The molecule has 0 fully saturated rings. The summed E-state index contributed by atoms with van der Waals surface area (Å²) in [5.74, 6) is -0.440. The Balaban J connectivity index is 1.47. The summed E-state index contributed by atoms with van der Waals surface area (Å²) in [7, 11) is 0. The monoisotopic (exact) mass is 438 g/mol. The normalized spacial score (nSPS) is 12.6. The van der Waals surface area contributed by atoms with Gasteiger partial charge in [-0.2, -0.15) is 10.2 Å². The van der Waals surface area contributed by atoms with Gasteiger partial charge in [0.05, 0.1) is 40.3 Å². The van der Waals surface area contributed by atoms with Crippen molar-refractivity contribution in [1.82, 2.24) is 40.0 Å². The average molecular weight is 438 g/mol. The fourth-order valence-corrected chi connectivity index (χ4v) is 4.08. The second-order valence-corrected chi connectivity index (χ2v) is 8.07. The van der Waals surface area contributed by atoms with Crippen LogP contribution in [0.15, 0.2) is 67.1 Å². The topological polar surface area (TPSA) is 90.1 Å². The lowest BCUT2D eigenvalue weighted by atomic mass is 10.1. The first-order valence-electron chi connectivity index (χ1n) is 10.5. The van der Waals surface area contributed by atoms with Crippen molar-refractivity contribution in [3.63, 3.8) is 0 Å². The predicted molar refractivity (Wildman–Crippen MR) is 122 cm³/mol. The van der Waals surface area contributed by atoms with Crippen molar-refractivity contribution in [2.45, 2.75) is 19.9 Å². The van der Waals surface area contributed by atoms with Crippen molar-refractivity contribution >= 4 is 21.9 Å². The van der Waals surface area contributed by atoms with Crippen LogP contribution in [-0.2, 0) is 0 Å². The maximum atomic E-state index is 15.1. The molecular weight excluding hydrogens is 419 g/mol. The van der Waals surface area contributed by atoms with E-state index in [0.29, 0.717) is 11.1 Å². The summed E-state index contributed by atoms with van der Waals surface area (Å²) in [5.41, 5.74) is 5.84. The quantitative estimate of drug-likeness (QED) is 0.434. The highest BCUT2D eigenvalue weighted by Gasteiger charge is 2.19. The molecule has 1 unspecified atom stereocenters. The van der Waals surface area contributed by atoms with E-state index in [1.165, 1.54) is 6.07 Å². The lowest BCUT2D eigenvalue weighted by molar-refractivity contribution is 0.557. The van der Waals surface area contributed by atoms with Crippen LogP contribution < -0.4 is 0 Å². The number of benzene rings is 2. The van der Waals surface area contributed by atoms with Crippen LogP contribution in [0.4, 0.5) is 4.39 Å². The van der Waals surface area contributed by atoms with E-state index in [4.69, 9.17) is 0 Å². The Bertz CT molecular complexity index is 1610. The highest BCUT2D eigenvalue weighted by molar-refractivity contribution is 5.85. The Morgan fingerprint density at radius 3 is 2.79 bits per heavy atom. The summed E-state index contributed by atoms with van der Waals surface area (Å²) < 4.78 is 18.6. The molecule has 0 radical (unpaired) electrons. The molecule has 9 heteroatoms. The Morgan fingerprint density at radius 1 is 1.03 bits per heavy atom. The van der Waals surface area contributed by atoms with Crippen LogP contribution in [0.2, 0.25) is 0 Å². The minimum Gasteiger partial charge on any atom is -0.278 e. The van der Waals surface area contributed by atoms with E-state index in [1.807, 2.05) is 67.2 Å². The molecule has 6 rings (SSSR count). The van der Waals surface area contributed by atoms with E-state index in [2.05, 4.69) is 30.6 Å². The van der Waals surface area contributed by atoms with Gasteiger partial charge < -0.3 is 0 Å². The van der Waals surface area contributed by atoms with Gasteiger partial charge >= 0.3 is 0 Å². The smallest absolute Gasteiger partial charge is 0.153 e. The van der Waals surface area contributed by atoms with Gasteiger partial charge in [-0.05, 0) is 61.9 Å². The summed E-state index contributed by atoms with van der Waals surface area (Å²) in [6.07, 6.45) is 5.30. The molecule has 0 aliphatic rings. The Labute approximate surface area is 187 Å². The van der Waals surface area contributed by atoms with Crippen LogP contribution in [0.1, 0.15) is 24.2 Å². The summed E-state index contributed by atoms with van der Waals surface area (Å²) in [6.45, 7) is 4.02. The number of fused-ring (bicyclic) bond motifs is 2. The number of aryl methyl sites for hydroxylation is 1. The fraction of sp³-hybridized carbons (Fsp3) is 0.125. The molecule has 0 aliphatic heterocycles. The molecule has 4 heterocycles. The second kappa shape index (κ2) is 7.33. The van der Waals surface area contributed by atoms with Gasteiger partial charge in [0, 0.05) is 23.3 Å².